The van der Waals surface area contributed by atoms with E-state index in [0.29, 0.717) is 10.8 Å². The molecule has 0 N–H and O–H groups in total. The molecule has 0 aliphatic rings. The maximum atomic E-state index is 6.08. The second-order valence-electron chi connectivity index (χ2n) is 6.54. The van der Waals surface area contributed by atoms with Crippen LogP contribution >= 0.6 is 39.3 Å². The van der Waals surface area contributed by atoms with Crippen LogP contribution in [0.15, 0.2) is 52.1 Å². The van der Waals surface area contributed by atoms with Crippen LogP contribution in [0.25, 0.3) is 5.69 Å². The van der Waals surface area contributed by atoms with E-state index in [2.05, 4.69) is 48.6 Å². The first kappa shape index (κ1) is 21.2. The van der Waals surface area contributed by atoms with Gasteiger partial charge in [0.05, 0.1) is 13.2 Å². The average Bonchev–Trinajstić information content (AvgIpc) is 3.10. The minimum absolute atomic E-state index is 0.109. The smallest absolute Gasteiger partial charge is 0.196 e. The van der Waals surface area contributed by atoms with Crippen molar-refractivity contribution in [2.75, 3.05) is 21.2 Å². The molecule has 0 saturated carbocycles. The van der Waals surface area contributed by atoms with Crippen molar-refractivity contribution in [3.8, 4) is 11.4 Å². The summed E-state index contributed by atoms with van der Waals surface area (Å²) in [5.74, 6) is 2.45. The van der Waals surface area contributed by atoms with Gasteiger partial charge in [0.2, 0.25) is 0 Å². The fraction of sp³-hybridized carbons (Fsp3) is 0.300. The van der Waals surface area contributed by atoms with Crippen molar-refractivity contribution in [2.45, 2.75) is 23.9 Å². The lowest BCUT2D eigenvalue weighted by Gasteiger charge is -2.20. The molecular weight excluding hydrogens is 460 g/mol. The third-order valence-corrected chi connectivity index (χ3v) is 6.21. The van der Waals surface area contributed by atoms with Crippen molar-refractivity contribution in [2.24, 2.45) is 0 Å². The number of halogens is 2. The Kier molecular flexibility index (Phi) is 7.04. The summed E-state index contributed by atoms with van der Waals surface area (Å²) in [6.07, 6.45) is 0. The molecule has 1 aromatic heterocycles. The number of benzene rings is 2. The SMILES string of the molecule is COc1ccc(Br)cc1CSc1nnc(C(C)N(C)C)n1-c1ccc(Cl)cc1. The fourth-order valence-corrected chi connectivity index (χ4v) is 4.18. The number of hydrogen-bond donors (Lipinski definition) is 0. The van der Waals surface area contributed by atoms with Crippen LogP contribution < -0.4 is 4.74 Å². The Morgan fingerprint density at radius 1 is 1.18 bits per heavy atom. The highest BCUT2D eigenvalue weighted by Gasteiger charge is 2.21. The Morgan fingerprint density at radius 3 is 2.54 bits per heavy atom. The van der Waals surface area contributed by atoms with E-state index in [1.54, 1.807) is 18.9 Å². The van der Waals surface area contributed by atoms with Gasteiger partial charge >= 0.3 is 0 Å². The summed E-state index contributed by atoms with van der Waals surface area (Å²) < 4.78 is 8.61. The molecule has 0 radical (unpaired) electrons. The maximum Gasteiger partial charge on any atom is 0.196 e. The van der Waals surface area contributed by atoms with Gasteiger partial charge in [-0.1, -0.05) is 39.3 Å². The van der Waals surface area contributed by atoms with E-state index in [9.17, 15) is 0 Å². The second-order valence-corrected chi connectivity index (χ2v) is 8.83. The summed E-state index contributed by atoms with van der Waals surface area (Å²) in [4.78, 5) is 2.11. The van der Waals surface area contributed by atoms with Crippen molar-refractivity contribution in [3.05, 3.63) is 63.3 Å². The molecule has 1 heterocycles. The van der Waals surface area contributed by atoms with Gasteiger partial charge in [-0.3, -0.25) is 9.47 Å². The molecule has 1 atom stereocenters. The fourth-order valence-electron chi connectivity index (χ4n) is 2.71. The highest BCUT2D eigenvalue weighted by atomic mass is 79.9. The zero-order valence-electron chi connectivity index (χ0n) is 16.2. The van der Waals surface area contributed by atoms with Crippen LogP contribution in [0.5, 0.6) is 5.75 Å². The Morgan fingerprint density at radius 2 is 1.89 bits per heavy atom. The molecule has 2 aromatic carbocycles. The van der Waals surface area contributed by atoms with E-state index >= 15 is 0 Å². The van der Waals surface area contributed by atoms with E-state index in [4.69, 9.17) is 16.3 Å². The molecule has 0 aliphatic carbocycles. The molecular formula is C20H22BrClN4OS. The molecule has 0 saturated heterocycles. The minimum atomic E-state index is 0.109. The number of nitrogens with zero attached hydrogens (tertiary/aromatic N) is 4. The van der Waals surface area contributed by atoms with Gasteiger partial charge < -0.3 is 4.74 Å². The number of thioether (sulfide) groups is 1. The van der Waals surface area contributed by atoms with Crippen molar-refractivity contribution in [1.82, 2.24) is 19.7 Å². The normalized spacial score (nSPS) is 12.4. The predicted molar refractivity (Wildman–Crippen MR) is 119 cm³/mol. The van der Waals surface area contributed by atoms with Crippen LogP contribution in [-0.2, 0) is 5.75 Å². The molecule has 0 bridgehead atoms. The monoisotopic (exact) mass is 480 g/mol. The summed E-state index contributed by atoms with van der Waals surface area (Å²) in [5, 5.41) is 10.5. The van der Waals surface area contributed by atoms with Gasteiger partial charge in [-0.15, -0.1) is 10.2 Å². The third-order valence-electron chi connectivity index (χ3n) is 4.49. The second kappa shape index (κ2) is 9.31. The van der Waals surface area contributed by atoms with E-state index in [1.807, 2.05) is 50.5 Å². The van der Waals surface area contributed by atoms with Gasteiger partial charge in [0.15, 0.2) is 11.0 Å². The van der Waals surface area contributed by atoms with Gasteiger partial charge in [0, 0.05) is 26.5 Å². The molecule has 3 rings (SSSR count). The van der Waals surface area contributed by atoms with Crippen molar-refractivity contribution in [1.29, 1.82) is 0 Å². The first-order chi connectivity index (χ1) is 13.4. The number of ether oxygens (including phenoxy) is 1. The number of methoxy groups -OCH3 is 1. The molecule has 148 valence electrons. The van der Waals surface area contributed by atoms with E-state index < -0.39 is 0 Å². The number of hydrogen-bond acceptors (Lipinski definition) is 5. The highest BCUT2D eigenvalue weighted by Crippen LogP contribution is 2.32. The molecule has 5 nitrogen and oxygen atoms in total. The Labute approximate surface area is 183 Å². The van der Waals surface area contributed by atoms with E-state index in [-0.39, 0.29) is 6.04 Å². The lowest BCUT2D eigenvalue weighted by molar-refractivity contribution is 0.305. The Hall–Kier alpha value is -1.54. The van der Waals surface area contributed by atoms with Crippen LogP contribution in [0.4, 0.5) is 0 Å². The first-order valence-electron chi connectivity index (χ1n) is 8.73. The summed E-state index contributed by atoms with van der Waals surface area (Å²) in [5.41, 5.74) is 2.08. The van der Waals surface area contributed by atoms with Gasteiger partial charge in [-0.05, 0) is 63.5 Å². The van der Waals surface area contributed by atoms with Gasteiger partial charge in [0.1, 0.15) is 5.75 Å². The summed E-state index contributed by atoms with van der Waals surface area (Å²) in [6, 6.07) is 13.8. The summed E-state index contributed by atoms with van der Waals surface area (Å²) in [6.45, 7) is 2.11. The predicted octanol–water partition coefficient (Wildman–Crippen LogP) is 5.61. The van der Waals surface area contributed by atoms with Crippen LogP contribution in [-0.4, -0.2) is 40.9 Å². The zero-order chi connectivity index (χ0) is 20.3. The Bertz CT molecular complexity index is 946. The van der Waals surface area contributed by atoms with Crippen molar-refractivity contribution < 1.29 is 4.74 Å². The van der Waals surface area contributed by atoms with Crippen molar-refractivity contribution in [3.63, 3.8) is 0 Å². The minimum Gasteiger partial charge on any atom is -0.496 e. The largest absolute Gasteiger partial charge is 0.496 e. The lowest BCUT2D eigenvalue weighted by atomic mass is 10.2. The highest BCUT2D eigenvalue weighted by molar-refractivity contribution is 9.10. The van der Waals surface area contributed by atoms with Crippen LogP contribution in [0.2, 0.25) is 5.02 Å². The van der Waals surface area contributed by atoms with Gasteiger partial charge in [0.25, 0.3) is 0 Å². The maximum absolute atomic E-state index is 6.08. The number of rotatable bonds is 7. The average molecular weight is 482 g/mol. The number of aromatic nitrogens is 3. The molecule has 0 aliphatic heterocycles. The third kappa shape index (κ3) is 4.71. The lowest BCUT2D eigenvalue weighted by Crippen LogP contribution is -2.20. The molecule has 8 heteroatoms. The first-order valence-corrected chi connectivity index (χ1v) is 10.9. The van der Waals surface area contributed by atoms with Crippen molar-refractivity contribution >= 4 is 39.3 Å². The molecule has 0 fully saturated rings. The van der Waals surface area contributed by atoms with Gasteiger partial charge in [-0.25, -0.2) is 0 Å². The molecule has 3 aromatic rings. The summed E-state index contributed by atoms with van der Waals surface area (Å²) >= 11 is 11.2. The quantitative estimate of drug-likeness (QED) is 0.411. The molecule has 0 amide bonds. The molecule has 28 heavy (non-hydrogen) atoms. The zero-order valence-corrected chi connectivity index (χ0v) is 19.3. The standard InChI is InChI=1S/C20H22BrClN4OS/c1-13(25(2)3)19-23-24-20(26(19)17-8-6-16(22)7-9-17)28-12-14-11-15(21)5-10-18(14)27-4/h5-11,13H,12H2,1-4H3. The van der Waals surface area contributed by atoms with E-state index in [0.717, 1.165) is 32.5 Å². The molecule has 0 spiro atoms. The van der Waals surface area contributed by atoms with Crippen LogP contribution in [0, 0.1) is 0 Å². The summed E-state index contributed by atoms with van der Waals surface area (Å²) in [7, 11) is 5.75. The van der Waals surface area contributed by atoms with Gasteiger partial charge in [-0.2, -0.15) is 0 Å². The van der Waals surface area contributed by atoms with Crippen LogP contribution in [0.1, 0.15) is 24.4 Å². The Balaban J connectivity index is 1.97. The van der Waals surface area contributed by atoms with E-state index in [1.165, 1.54) is 0 Å². The molecule has 1 unspecified atom stereocenters. The van der Waals surface area contributed by atoms with Crippen LogP contribution in [0.3, 0.4) is 0 Å². The topological polar surface area (TPSA) is 43.2 Å².